The molecule has 1 aromatic rings. The van der Waals surface area contributed by atoms with E-state index < -0.39 is 0 Å². The number of benzene rings is 1. The molecule has 4 heteroatoms. The highest BCUT2D eigenvalue weighted by Gasteiger charge is 2.23. The lowest BCUT2D eigenvalue weighted by atomic mass is 10.0. The van der Waals surface area contributed by atoms with Crippen LogP contribution in [0.2, 0.25) is 0 Å². The van der Waals surface area contributed by atoms with Crippen molar-refractivity contribution in [3.8, 4) is 11.5 Å². The molecule has 0 aliphatic carbocycles. The number of ether oxygens (including phenoxy) is 2. The van der Waals surface area contributed by atoms with Crippen LogP contribution in [0.15, 0.2) is 24.3 Å². The van der Waals surface area contributed by atoms with E-state index in [2.05, 4.69) is 0 Å². The van der Waals surface area contributed by atoms with Gasteiger partial charge in [-0.15, -0.1) is 0 Å². The molecule has 2 N–H and O–H groups in total. The van der Waals surface area contributed by atoms with Crippen molar-refractivity contribution in [1.82, 2.24) is 0 Å². The standard InChI is InChI=1S/C13H19NO2S/c1-15-11-2-4-12(5-3-11)16-7-6-10-8-17-9-13(10)14/h2-5,10,13H,6-9,14H2,1H3. The van der Waals surface area contributed by atoms with Crippen LogP contribution in [0.1, 0.15) is 6.42 Å². The number of methoxy groups -OCH3 is 1. The first-order valence-electron chi connectivity index (χ1n) is 5.90. The number of rotatable bonds is 5. The summed E-state index contributed by atoms with van der Waals surface area (Å²) < 4.78 is 10.8. The van der Waals surface area contributed by atoms with Crippen LogP contribution in [0.4, 0.5) is 0 Å². The first-order chi connectivity index (χ1) is 8.29. The van der Waals surface area contributed by atoms with E-state index >= 15 is 0 Å². The summed E-state index contributed by atoms with van der Waals surface area (Å²) in [6, 6.07) is 8.03. The van der Waals surface area contributed by atoms with E-state index in [1.54, 1.807) is 7.11 Å². The van der Waals surface area contributed by atoms with Crippen molar-refractivity contribution >= 4 is 11.8 Å². The Labute approximate surface area is 107 Å². The van der Waals surface area contributed by atoms with E-state index in [4.69, 9.17) is 15.2 Å². The second-order valence-electron chi connectivity index (χ2n) is 4.27. The highest BCUT2D eigenvalue weighted by atomic mass is 32.2. The molecule has 94 valence electrons. The van der Waals surface area contributed by atoms with E-state index in [0.717, 1.165) is 30.3 Å². The third kappa shape index (κ3) is 3.54. The van der Waals surface area contributed by atoms with Gasteiger partial charge in [-0.3, -0.25) is 0 Å². The van der Waals surface area contributed by atoms with Gasteiger partial charge in [-0.2, -0.15) is 11.8 Å². The summed E-state index contributed by atoms with van der Waals surface area (Å²) in [4.78, 5) is 0. The van der Waals surface area contributed by atoms with Gasteiger partial charge in [-0.05, 0) is 42.4 Å². The molecule has 1 saturated heterocycles. The summed E-state index contributed by atoms with van der Waals surface area (Å²) in [5, 5.41) is 0. The lowest BCUT2D eigenvalue weighted by molar-refractivity contribution is 0.278. The van der Waals surface area contributed by atoms with Crippen molar-refractivity contribution in [3.05, 3.63) is 24.3 Å². The fourth-order valence-corrected chi connectivity index (χ4v) is 3.31. The molecule has 1 aliphatic heterocycles. The number of nitrogens with two attached hydrogens (primary N) is 1. The molecule has 2 atom stereocenters. The molecule has 1 fully saturated rings. The number of thioether (sulfide) groups is 1. The van der Waals surface area contributed by atoms with Crippen LogP contribution in [0.5, 0.6) is 11.5 Å². The van der Waals surface area contributed by atoms with Gasteiger partial charge in [0.25, 0.3) is 0 Å². The monoisotopic (exact) mass is 253 g/mol. The Balaban J connectivity index is 1.73. The summed E-state index contributed by atoms with van der Waals surface area (Å²) in [5.74, 6) is 4.62. The number of hydrogen-bond donors (Lipinski definition) is 1. The molecular formula is C13H19NO2S. The molecule has 1 aromatic carbocycles. The largest absolute Gasteiger partial charge is 0.497 e. The fourth-order valence-electron chi connectivity index (χ4n) is 1.91. The molecule has 0 radical (unpaired) electrons. The lowest BCUT2D eigenvalue weighted by Gasteiger charge is -2.14. The second-order valence-corrected chi connectivity index (χ2v) is 5.35. The normalized spacial score (nSPS) is 23.6. The molecule has 2 rings (SSSR count). The quantitative estimate of drug-likeness (QED) is 0.873. The minimum Gasteiger partial charge on any atom is -0.497 e. The first kappa shape index (κ1) is 12.6. The average molecular weight is 253 g/mol. The van der Waals surface area contributed by atoms with Gasteiger partial charge in [-0.25, -0.2) is 0 Å². The Bertz CT molecular complexity index is 342. The highest BCUT2D eigenvalue weighted by molar-refractivity contribution is 7.99. The summed E-state index contributed by atoms with van der Waals surface area (Å²) in [7, 11) is 1.66. The van der Waals surface area contributed by atoms with Crippen LogP contribution in [0.25, 0.3) is 0 Å². The van der Waals surface area contributed by atoms with Crippen LogP contribution in [-0.2, 0) is 0 Å². The Morgan fingerprint density at radius 2 is 1.94 bits per heavy atom. The topological polar surface area (TPSA) is 44.5 Å². The van der Waals surface area contributed by atoms with Gasteiger partial charge in [-0.1, -0.05) is 0 Å². The first-order valence-corrected chi connectivity index (χ1v) is 7.05. The van der Waals surface area contributed by atoms with Gasteiger partial charge in [0.2, 0.25) is 0 Å². The van der Waals surface area contributed by atoms with E-state index in [1.807, 2.05) is 36.0 Å². The van der Waals surface area contributed by atoms with Crippen LogP contribution in [-0.4, -0.2) is 31.3 Å². The molecule has 0 bridgehead atoms. The smallest absolute Gasteiger partial charge is 0.119 e. The average Bonchev–Trinajstić information content (AvgIpc) is 2.76. The molecule has 1 heterocycles. The van der Waals surface area contributed by atoms with Crippen molar-refractivity contribution in [2.45, 2.75) is 12.5 Å². The maximum absolute atomic E-state index is 6.00. The predicted octanol–water partition coefficient (Wildman–Crippen LogP) is 2.15. The molecule has 17 heavy (non-hydrogen) atoms. The molecule has 0 spiro atoms. The van der Waals surface area contributed by atoms with Crippen molar-refractivity contribution < 1.29 is 9.47 Å². The molecule has 3 nitrogen and oxygen atoms in total. The molecule has 0 amide bonds. The molecule has 1 aliphatic rings. The minimum atomic E-state index is 0.347. The highest BCUT2D eigenvalue weighted by Crippen LogP contribution is 2.25. The van der Waals surface area contributed by atoms with Crippen molar-refractivity contribution in [2.24, 2.45) is 11.7 Å². The maximum Gasteiger partial charge on any atom is 0.119 e. The van der Waals surface area contributed by atoms with Gasteiger partial charge in [0.05, 0.1) is 13.7 Å². The van der Waals surface area contributed by atoms with Gasteiger partial charge in [0.15, 0.2) is 0 Å². The van der Waals surface area contributed by atoms with E-state index in [-0.39, 0.29) is 0 Å². The lowest BCUT2D eigenvalue weighted by Crippen LogP contribution is -2.29. The van der Waals surface area contributed by atoms with Crippen LogP contribution in [0.3, 0.4) is 0 Å². The van der Waals surface area contributed by atoms with E-state index in [0.29, 0.717) is 12.0 Å². The summed E-state index contributed by atoms with van der Waals surface area (Å²) in [6.45, 7) is 0.741. The van der Waals surface area contributed by atoms with E-state index in [1.165, 1.54) is 5.75 Å². The third-order valence-corrected chi connectivity index (χ3v) is 4.35. The van der Waals surface area contributed by atoms with Gasteiger partial charge < -0.3 is 15.2 Å². The zero-order valence-corrected chi connectivity index (χ0v) is 10.9. The minimum absolute atomic E-state index is 0.347. The summed E-state index contributed by atoms with van der Waals surface area (Å²) in [5.41, 5.74) is 6.00. The van der Waals surface area contributed by atoms with Crippen LogP contribution in [0, 0.1) is 5.92 Å². The Hall–Kier alpha value is -0.870. The Morgan fingerprint density at radius 1 is 1.24 bits per heavy atom. The van der Waals surface area contributed by atoms with Crippen molar-refractivity contribution in [3.63, 3.8) is 0 Å². The van der Waals surface area contributed by atoms with E-state index in [9.17, 15) is 0 Å². The SMILES string of the molecule is COc1ccc(OCCC2CSCC2N)cc1. The Kier molecular flexibility index (Phi) is 4.57. The second kappa shape index (κ2) is 6.17. The molecule has 0 aromatic heterocycles. The number of hydrogen-bond acceptors (Lipinski definition) is 4. The molecular weight excluding hydrogens is 234 g/mol. The zero-order chi connectivity index (χ0) is 12.1. The molecule has 0 saturated carbocycles. The predicted molar refractivity (Wildman–Crippen MR) is 71.9 cm³/mol. The third-order valence-electron chi connectivity index (χ3n) is 3.06. The summed E-state index contributed by atoms with van der Waals surface area (Å²) in [6.07, 6.45) is 1.04. The maximum atomic E-state index is 6.00. The van der Waals surface area contributed by atoms with Crippen LogP contribution >= 0.6 is 11.8 Å². The van der Waals surface area contributed by atoms with Crippen molar-refractivity contribution in [2.75, 3.05) is 25.2 Å². The van der Waals surface area contributed by atoms with Crippen molar-refractivity contribution in [1.29, 1.82) is 0 Å². The van der Waals surface area contributed by atoms with Gasteiger partial charge in [0.1, 0.15) is 11.5 Å². The van der Waals surface area contributed by atoms with Crippen LogP contribution < -0.4 is 15.2 Å². The Morgan fingerprint density at radius 3 is 2.53 bits per heavy atom. The zero-order valence-electron chi connectivity index (χ0n) is 10.1. The summed E-state index contributed by atoms with van der Waals surface area (Å²) >= 11 is 1.94. The van der Waals surface area contributed by atoms with Gasteiger partial charge in [0, 0.05) is 11.8 Å². The fraction of sp³-hybridized carbons (Fsp3) is 0.538. The molecule has 2 unspecified atom stereocenters. The van der Waals surface area contributed by atoms with Gasteiger partial charge >= 0.3 is 0 Å².